The summed E-state index contributed by atoms with van der Waals surface area (Å²) >= 11 is 0.489. The van der Waals surface area contributed by atoms with Gasteiger partial charge in [0.05, 0.1) is 7.11 Å². The van der Waals surface area contributed by atoms with Crippen LogP contribution in [-0.2, 0) is 9.53 Å². The molecule has 0 atom stereocenters. The third-order valence-corrected chi connectivity index (χ3v) is 4.70. The molecule has 1 aromatic carbocycles. The lowest BCUT2D eigenvalue weighted by atomic mass is 10.0. The summed E-state index contributed by atoms with van der Waals surface area (Å²) in [7, 11) is 0.941. The number of benzene rings is 1. The highest BCUT2D eigenvalue weighted by molar-refractivity contribution is 7.15. The molecule has 0 aliphatic carbocycles. The van der Waals surface area contributed by atoms with Crippen LogP contribution in [0, 0.1) is 6.92 Å². The number of nitrogens with one attached hydrogen (secondary N) is 1. The molecule has 1 N–H and O–H groups in total. The SMILES string of the molecule is COC(=O)c1c(-c2ccc(C)cc2)csc1NC(=O)C(F)(F)C(F)(F)C(F)(F)F. The van der Waals surface area contributed by atoms with Crippen molar-refractivity contribution >= 4 is 28.2 Å². The van der Waals surface area contributed by atoms with Crippen LogP contribution in [0.5, 0.6) is 0 Å². The lowest BCUT2D eigenvalue weighted by Crippen LogP contribution is -2.57. The van der Waals surface area contributed by atoms with Crippen molar-refractivity contribution in [2.45, 2.75) is 24.9 Å². The minimum Gasteiger partial charge on any atom is -0.465 e. The van der Waals surface area contributed by atoms with Crippen molar-refractivity contribution in [1.29, 1.82) is 0 Å². The van der Waals surface area contributed by atoms with E-state index in [4.69, 9.17) is 0 Å². The van der Waals surface area contributed by atoms with Crippen LogP contribution in [0.3, 0.4) is 0 Å². The van der Waals surface area contributed by atoms with Crippen LogP contribution in [-0.4, -0.2) is 37.0 Å². The summed E-state index contributed by atoms with van der Waals surface area (Å²) in [5.74, 6) is -16.8. The Morgan fingerprint density at radius 1 is 1.00 bits per heavy atom. The first-order chi connectivity index (χ1) is 13.2. The second-order valence-corrected chi connectivity index (χ2v) is 6.69. The van der Waals surface area contributed by atoms with Crippen LogP contribution >= 0.6 is 11.3 Å². The van der Waals surface area contributed by atoms with Crippen molar-refractivity contribution in [3.8, 4) is 11.1 Å². The Kier molecular flexibility index (Phi) is 5.98. The summed E-state index contributed by atoms with van der Waals surface area (Å²) in [5.41, 5.74) is 0.912. The van der Waals surface area contributed by atoms with Gasteiger partial charge in [0.25, 0.3) is 0 Å². The number of carbonyl (C=O) groups excluding carboxylic acids is 2. The molecule has 1 heterocycles. The Morgan fingerprint density at radius 2 is 1.55 bits per heavy atom. The molecular formula is C17H12F7NO3S. The Hall–Kier alpha value is -2.63. The molecule has 1 amide bonds. The molecule has 0 fully saturated rings. The van der Waals surface area contributed by atoms with Crippen LogP contribution in [0.25, 0.3) is 11.1 Å². The number of amides is 1. The fourth-order valence-electron chi connectivity index (χ4n) is 2.20. The van der Waals surface area contributed by atoms with Gasteiger partial charge in [0, 0.05) is 10.9 Å². The number of aryl methyl sites for hydroxylation is 1. The highest BCUT2D eigenvalue weighted by Gasteiger charge is 2.76. The lowest BCUT2D eigenvalue weighted by molar-refractivity contribution is -0.343. The van der Waals surface area contributed by atoms with Crippen molar-refractivity contribution in [1.82, 2.24) is 0 Å². The lowest BCUT2D eigenvalue weighted by Gasteiger charge is -2.26. The van der Waals surface area contributed by atoms with Crippen molar-refractivity contribution in [3.63, 3.8) is 0 Å². The molecule has 0 spiro atoms. The minimum absolute atomic E-state index is 0.114. The van der Waals surface area contributed by atoms with Gasteiger partial charge < -0.3 is 10.1 Å². The van der Waals surface area contributed by atoms with E-state index in [9.17, 15) is 40.3 Å². The van der Waals surface area contributed by atoms with Crippen molar-refractivity contribution in [2.75, 3.05) is 12.4 Å². The molecule has 0 aliphatic rings. The predicted molar refractivity (Wildman–Crippen MR) is 90.4 cm³/mol. The van der Waals surface area contributed by atoms with Crippen LogP contribution in [0.2, 0.25) is 0 Å². The van der Waals surface area contributed by atoms with Crippen LogP contribution in [0.4, 0.5) is 35.7 Å². The number of thiophene rings is 1. The first-order valence-corrected chi connectivity index (χ1v) is 8.52. The maximum Gasteiger partial charge on any atom is 0.460 e. The van der Waals surface area contributed by atoms with Gasteiger partial charge >= 0.3 is 29.9 Å². The third-order valence-electron chi connectivity index (χ3n) is 3.81. The Balaban J connectivity index is 2.47. The number of methoxy groups -OCH3 is 1. The number of hydrogen-bond acceptors (Lipinski definition) is 4. The van der Waals surface area contributed by atoms with Crippen LogP contribution in [0.15, 0.2) is 29.6 Å². The van der Waals surface area contributed by atoms with Gasteiger partial charge in [-0.15, -0.1) is 11.3 Å². The molecule has 4 nitrogen and oxygen atoms in total. The topological polar surface area (TPSA) is 55.4 Å². The van der Waals surface area contributed by atoms with Gasteiger partial charge in [-0.1, -0.05) is 29.8 Å². The molecule has 1 aromatic heterocycles. The number of ether oxygens (including phenoxy) is 1. The van der Waals surface area contributed by atoms with Crippen molar-refractivity contribution in [2.24, 2.45) is 0 Å². The molecular weight excluding hydrogens is 431 g/mol. The number of rotatable bonds is 5. The summed E-state index contributed by atoms with van der Waals surface area (Å²) in [6.07, 6.45) is -6.67. The Morgan fingerprint density at radius 3 is 2.03 bits per heavy atom. The molecule has 0 saturated carbocycles. The summed E-state index contributed by atoms with van der Waals surface area (Å²) in [4.78, 5) is 23.7. The van der Waals surface area contributed by atoms with Crippen LogP contribution in [0.1, 0.15) is 15.9 Å². The minimum atomic E-state index is -6.67. The van der Waals surface area contributed by atoms with Gasteiger partial charge in [0.15, 0.2) is 0 Å². The summed E-state index contributed by atoms with van der Waals surface area (Å²) in [5, 5.41) is 1.88. The predicted octanol–water partition coefficient (Wildman–Crippen LogP) is 5.28. The van der Waals surface area contributed by atoms with E-state index in [1.54, 1.807) is 31.2 Å². The molecule has 29 heavy (non-hydrogen) atoms. The normalized spacial score (nSPS) is 12.6. The Labute approximate surface area is 163 Å². The van der Waals surface area contributed by atoms with Crippen LogP contribution < -0.4 is 5.32 Å². The van der Waals surface area contributed by atoms with E-state index in [2.05, 4.69) is 4.74 Å². The van der Waals surface area contributed by atoms with E-state index in [0.717, 1.165) is 12.7 Å². The Bertz CT molecular complexity index is 920. The second kappa shape index (κ2) is 7.65. The highest BCUT2D eigenvalue weighted by Crippen LogP contribution is 2.47. The molecule has 12 heteroatoms. The second-order valence-electron chi connectivity index (χ2n) is 5.81. The fraction of sp³-hybridized carbons (Fsp3) is 0.294. The quantitative estimate of drug-likeness (QED) is 0.505. The van der Waals surface area contributed by atoms with Gasteiger partial charge in [0.2, 0.25) is 0 Å². The zero-order valence-corrected chi connectivity index (χ0v) is 15.5. The van der Waals surface area contributed by atoms with Gasteiger partial charge in [0.1, 0.15) is 10.6 Å². The standard InChI is InChI=1S/C17H12F7NO3S/c1-8-3-5-9(6-4-8)10-7-29-12(11(10)13(26)28-2)25-14(27)15(18,19)16(20,21)17(22,23)24/h3-7H,1-2H3,(H,25,27). The summed E-state index contributed by atoms with van der Waals surface area (Å²) in [6.45, 7) is 1.77. The van der Waals surface area contributed by atoms with Crippen molar-refractivity contribution in [3.05, 3.63) is 40.8 Å². The molecule has 0 saturated heterocycles. The molecule has 0 aliphatic heterocycles. The average Bonchev–Trinajstić information content (AvgIpc) is 3.04. The van der Waals surface area contributed by atoms with Gasteiger partial charge in [-0.25, -0.2) is 4.79 Å². The fourth-order valence-corrected chi connectivity index (χ4v) is 3.15. The number of halogens is 7. The zero-order valence-electron chi connectivity index (χ0n) is 14.7. The largest absolute Gasteiger partial charge is 0.465 e. The number of anilines is 1. The molecule has 0 radical (unpaired) electrons. The van der Waals surface area contributed by atoms with E-state index in [1.807, 2.05) is 0 Å². The number of alkyl halides is 7. The van der Waals surface area contributed by atoms with E-state index in [-0.39, 0.29) is 5.56 Å². The van der Waals surface area contributed by atoms with E-state index >= 15 is 0 Å². The average molecular weight is 443 g/mol. The monoisotopic (exact) mass is 443 g/mol. The van der Waals surface area contributed by atoms with E-state index in [0.29, 0.717) is 16.9 Å². The van der Waals surface area contributed by atoms with Crippen molar-refractivity contribution < 1.29 is 45.1 Å². The van der Waals surface area contributed by atoms with E-state index in [1.165, 1.54) is 10.7 Å². The highest BCUT2D eigenvalue weighted by atomic mass is 32.1. The van der Waals surface area contributed by atoms with E-state index < -0.39 is 40.5 Å². The smallest absolute Gasteiger partial charge is 0.460 e. The van der Waals surface area contributed by atoms with Gasteiger partial charge in [-0.3, -0.25) is 4.79 Å². The maximum atomic E-state index is 13.6. The molecule has 2 aromatic rings. The molecule has 158 valence electrons. The van der Waals surface area contributed by atoms with Gasteiger partial charge in [-0.2, -0.15) is 30.7 Å². The zero-order chi connectivity index (χ0) is 22.2. The summed E-state index contributed by atoms with van der Waals surface area (Å²) < 4.78 is 94.6. The maximum absolute atomic E-state index is 13.6. The number of esters is 1. The summed E-state index contributed by atoms with van der Waals surface area (Å²) in [6, 6.07) is 6.43. The molecule has 0 unspecified atom stereocenters. The third kappa shape index (κ3) is 4.07. The first kappa shape index (κ1) is 22.7. The number of carbonyl (C=O) groups is 2. The molecule has 2 rings (SSSR count). The van der Waals surface area contributed by atoms with Gasteiger partial charge in [-0.05, 0) is 12.5 Å². The first-order valence-electron chi connectivity index (χ1n) is 7.64. The number of hydrogen-bond donors (Lipinski definition) is 1. The molecule has 0 bridgehead atoms.